The first-order valence-corrected chi connectivity index (χ1v) is 5.75. The van der Waals surface area contributed by atoms with Gasteiger partial charge in [0.2, 0.25) is 0 Å². The number of anilines is 1. The quantitative estimate of drug-likeness (QED) is 0.884. The molecule has 0 aliphatic rings. The molecule has 2 N–H and O–H groups in total. The highest BCUT2D eigenvalue weighted by Gasteiger charge is 2.11. The zero-order valence-electron chi connectivity index (χ0n) is 10.2. The van der Waals surface area contributed by atoms with Crippen LogP contribution in [0.3, 0.4) is 0 Å². The molecule has 2 amide bonds. The number of benzene rings is 1. The van der Waals surface area contributed by atoms with Crippen molar-refractivity contribution in [2.45, 2.75) is 6.42 Å². The number of nitriles is 1. The maximum Gasteiger partial charge on any atom is 0.321 e. The fourth-order valence-electron chi connectivity index (χ4n) is 1.27. The molecule has 0 saturated heterocycles. The van der Waals surface area contributed by atoms with Gasteiger partial charge in [-0.3, -0.25) is 4.79 Å². The zero-order valence-corrected chi connectivity index (χ0v) is 10.9. The van der Waals surface area contributed by atoms with Crippen molar-refractivity contribution in [2.24, 2.45) is 0 Å². The molecule has 0 aromatic heterocycles. The Morgan fingerprint density at radius 1 is 1.53 bits per heavy atom. The van der Waals surface area contributed by atoms with Crippen LogP contribution in [0.1, 0.15) is 12.0 Å². The minimum absolute atomic E-state index is 0.102. The Bertz CT molecular complexity index is 540. The molecule has 0 heterocycles. The van der Waals surface area contributed by atoms with Crippen molar-refractivity contribution >= 4 is 29.3 Å². The standard InChI is InChI=1S/C12H12ClN3O3/c1-16(5-4-11(17)18)12(19)15-9-3-2-8(7-14)10(13)6-9/h2-3,6H,4-5H2,1H3,(H,15,19)(H,17,18). The van der Waals surface area contributed by atoms with Crippen LogP contribution in [-0.4, -0.2) is 35.6 Å². The highest BCUT2D eigenvalue weighted by molar-refractivity contribution is 6.32. The molecule has 7 heteroatoms. The second-order valence-electron chi connectivity index (χ2n) is 3.80. The zero-order chi connectivity index (χ0) is 14.4. The Morgan fingerprint density at radius 2 is 2.21 bits per heavy atom. The van der Waals surface area contributed by atoms with E-state index in [2.05, 4.69) is 5.32 Å². The summed E-state index contributed by atoms with van der Waals surface area (Å²) in [5.41, 5.74) is 0.759. The van der Waals surface area contributed by atoms with E-state index in [9.17, 15) is 9.59 Å². The van der Waals surface area contributed by atoms with Crippen LogP contribution in [0.25, 0.3) is 0 Å². The van der Waals surface area contributed by atoms with Crippen molar-refractivity contribution in [1.82, 2.24) is 4.90 Å². The first-order valence-electron chi connectivity index (χ1n) is 5.37. The summed E-state index contributed by atoms with van der Waals surface area (Å²) in [6.45, 7) is 0.102. The van der Waals surface area contributed by atoms with E-state index in [1.807, 2.05) is 6.07 Å². The van der Waals surface area contributed by atoms with E-state index in [0.717, 1.165) is 0 Å². The average molecular weight is 282 g/mol. The van der Waals surface area contributed by atoms with Crippen LogP contribution in [0.2, 0.25) is 5.02 Å². The minimum Gasteiger partial charge on any atom is -0.481 e. The van der Waals surface area contributed by atoms with Gasteiger partial charge in [-0.15, -0.1) is 0 Å². The van der Waals surface area contributed by atoms with Crippen LogP contribution in [-0.2, 0) is 4.79 Å². The van der Waals surface area contributed by atoms with E-state index in [-0.39, 0.29) is 18.0 Å². The molecule has 100 valence electrons. The summed E-state index contributed by atoms with van der Waals surface area (Å²) in [7, 11) is 1.49. The summed E-state index contributed by atoms with van der Waals surface area (Å²) in [4.78, 5) is 23.3. The molecule has 0 aliphatic carbocycles. The Labute approximate surface area is 115 Å². The van der Waals surface area contributed by atoms with Crippen LogP contribution in [0.15, 0.2) is 18.2 Å². The minimum atomic E-state index is -0.971. The van der Waals surface area contributed by atoms with Gasteiger partial charge in [-0.2, -0.15) is 5.26 Å². The third-order valence-corrected chi connectivity index (χ3v) is 2.66. The normalized spacial score (nSPS) is 9.53. The Morgan fingerprint density at radius 3 is 2.74 bits per heavy atom. The number of amides is 2. The molecule has 0 radical (unpaired) electrons. The van der Waals surface area contributed by atoms with Gasteiger partial charge in [0.25, 0.3) is 0 Å². The number of carbonyl (C=O) groups is 2. The van der Waals surface area contributed by atoms with Crippen molar-refractivity contribution in [1.29, 1.82) is 5.26 Å². The highest BCUT2D eigenvalue weighted by atomic mass is 35.5. The summed E-state index contributed by atoms with van der Waals surface area (Å²) in [5, 5.41) is 20.0. The molecule has 6 nitrogen and oxygen atoms in total. The number of hydrogen-bond acceptors (Lipinski definition) is 3. The van der Waals surface area contributed by atoms with Crippen molar-refractivity contribution in [2.75, 3.05) is 18.9 Å². The molecular weight excluding hydrogens is 270 g/mol. The molecule has 1 aromatic carbocycles. The lowest BCUT2D eigenvalue weighted by atomic mass is 10.2. The molecule has 19 heavy (non-hydrogen) atoms. The smallest absolute Gasteiger partial charge is 0.321 e. The van der Waals surface area contributed by atoms with Crippen LogP contribution in [0, 0.1) is 11.3 Å². The summed E-state index contributed by atoms with van der Waals surface area (Å²) in [6.07, 6.45) is -0.127. The maximum absolute atomic E-state index is 11.7. The topological polar surface area (TPSA) is 93.4 Å². The first-order chi connectivity index (χ1) is 8.93. The summed E-state index contributed by atoms with van der Waals surface area (Å²) in [6, 6.07) is 5.97. The molecule has 0 bridgehead atoms. The number of nitrogens with zero attached hydrogens (tertiary/aromatic N) is 2. The number of rotatable bonds is 4. The lowest BCUT2D eigenvalue weighted by Crippen LogP contribution is -2.33. The van der Waals surface area contributed by atoms with Crippen molar-refractivity contribution < 1.29 is 14.7 Å². The van der Waals surface area contributed by atoms with E-state index in [1.54, 1.807) is 6.07 Å². The van der Waals surface area contributed by atoms with Gasteiger partial charge in [-0.05, 0) is 18.2 Å². The van der Waals surface area contributed by atoms with Gasteiger partial charge in [-0.1, -0.05) is 11.6 Å². The fraction of sp³-hybridized carbons (Fsp3) is 0.250. The second kappa shape index (κ2) is 6.61. The van der Waals surface area contributed by atoms with Gasteiger partial charge in [-0.25, -0.2) is 4.79 Å². The van der Waals surface area contributed by atoms with Gasteiger partial charge in [0.15, 0.2) is 0 Å². The van der Waals surface area contributed by atoms with Crippen LogP contribution in [0.4, 0.5) is 10.5 Å². The van der Waals surface area contributed by atoms with Crippen molar-refractivity contribution in [3.05, 3.63) is 28.8 Å². The van der Waals surface area contributed by atoms with Gasteiger partial charge in [0, 0.05) is 19.3 Å². The summed E-state index contributed by atoms with van der Waals surface area (Å²) < 4.78 is 0. The second-order valence-corrected chi connectivity index (χ2v) is 4.21. The first kappa shape index (κ1) is 14.8. The maximum atomic E-state index is 11.7. The third-order valence-electron chi connectivity index (χ3n) is 2.35. The van der Waals surface area contributed by atoms with Crippen LogP contribution < -0.4 is 5.32 Å². The Kier molecular flexibility index (Phi) is 5.15. The molecule has 1 aromatic rings. The van der Waals surface area contributed by atoms with E-state index >= 15 is 0 Å². The number of hydrogen-bond donors (Lipinski definition) is 2. The Balaban J connectivity index is 2.64. The molecule has 0 spiro atoms. The largest absolute Gasteiger partial charge is 0.481 e. The van der Waals surface area contributed by atoms with Crippen LogP contribution in [0.5, 0.6) is 0 Å². The van der Waals surface area contributed by atoms with Crippen molar-refractivity contribution in [3.63, 3.8) is 0 Å². The molecule has 0 atom stereocenters. The summed E-state index contributed by atoms with van der Waals surface area (Å²) >= 11 is 5.83. The molecule has 0 saturated carbocycles. The number of nitrogens with one attached hydrogen (secondary N) is 1. The van der Waals surface area contributed by atoms with Gasteiger partial charge in [0.05, 0.1) is 17.0 Å². The van der Waals surface area contributed by atoms with Crippen molar-refractivity contribution in [3.8, 4) is 6.07 Å². The molecule has 0 aliphatic heterocycles. The molecule has 0 unspecified atom stereocenters. The van der Waals surface area contributed by atoms with E-state index in [1.165, 1.54) is 24.1 Å². The fourth-order valence-corrected chi connectivity index (χ4v) is 1.49. The van der Waals surface area contributed by atoms with Gasteiger partial charge < -0.3 is 15.3 Å². The average Bonchev–Trinajstić information content (AvgIpc) is 2.36. The monoisotopic (exact) mass is 281 g/mol. The third kappa shape index (κ3) is 4.48. The number of halogens is 1. The SMILES string of the molecule is CN(CCC(=O)O)C(=O)Nc1ccc(C#N)c(Cl)c1. The predicted molar refractivity (Wildman–Crippen MR) is 70.1 cm³/mol. The summed E-state index contributed by atoms with van der Waals surface area (Å²) in [5.74, 6) is -0.971. The number of aliphatic carboxylic acids is 1. The predicted octanol–water partition coefficient (Wildman–Crippen LogP) is 2.15. The molecule has 1 rings (SSSR count). The van der Waals surface area contributed by atoms with Gasteiger partial charge >= 0.3 is 12.0 Å². The lowest BCUT2D eigenvalue weighted by Gasteiger charge is -2.17. The number of carbonyl (C=O) groups excluding carboxylic acids is 1. The van der Waals surface area contributed by atoms with E-state index in [4.69, 9.17) is 22.0 Å². The van der Waals surface area contributed by atoms with Gasteiger partial charge in [0.1, 0.15) is 6.07 Å². The van der Waals surface area contributed by atoms with E-state index in [0.29, 0.717) is 11.3 Å². The molecular formula is C12H12ClN3O3. The number of urea groups is 1. The van der Waals surface area contributed by atoms with E-state index < -0.39 is 12.0 Å². The molecule has 0 fully saturated rings. The Hall–Kier alpha value is -2.26. The lowest BCUT2D eigenvalue weighted by molar-refractivity contribution is -0.137. The van der Waals surface area contributed by atoms with Crippen LogP contribution >= 0.6 is 11.6 Å². The number of carboxylic acid groups (broad SMARTS) is 1. The highest BCUT2D eigenvalue weighted by Crippen LogP contribution is 2.20. The number of carboxylic acids is 1.